The van der Waals surface area contributed by atoms with E-state index in [0.717, 1.165) is 18.7 Å². The number of benzene rings is 1. The molecule has 0 atom stereocenters. The lowest BCUT2D eigenvalue weighted by molar-refractivity contribution is -0.883. The van der Waals surface area contributed by atoms with E-state index < -0.39 is 10.0 Å². The highest BCUT2D eigenvalue weighted by atomic mass is 32.2. The van der Waals surface area contributed by atoms with Gasteiger partial charge in [-0.1, -0.05) is 6.07 Å². The van der Waals surface area contributed by atoms with Gasteiger partial charge in [0.15, 0.2) is 0 Å². The van der Waals surface area contributed by atoms with E-state index in [2.05, 4.69) is 12.4 Å². The molecule has 0 bridgehead atoms. The molecule has 21 heavy (non-hydrogen) atoms. The Kier molecular flexibility index (Phi) is 4.65. The SMILES string of the molecule is CNC(=O)c1cc(S(=O)(=O)N2CC[NH+](C)CC2)ccc1C. The molecular formula is C14H22N3O3S+. The van der Waals surface area contributed by atoms with Crippen LogP contribution in [0.15, 0.2) is 23.1 Å². The van der Waals surface area contributed by atoms with E-state index in [1.165, 1.54) is 22.3 Å². The van der Waals surface area contributed by atoms with Crippen molar-refractivity contribution in [3.8, 4) is 0 Å². The first-order valence-electron chi connectivity index (χ1n) is 7.00. The maximum Gasteiger partial charge on any atom is 0.251 e. The molecule has 0 radical (unpaired) electrons. The maximum atomic E-state index is 12.7. The molecule has 0 spiro atoms. The van der Waals surface area contributed by atoms with Crippen LogP contribution in [0.25, 0.3) is 0 Å². The average Bonchev–Trinajstić information content (AvgIpc) is 2.47. The Balaban J connectivity index is 2.34. The number of quaternary nitrogens is 1. The topological polar surface area (TPSA) is 70.9 Å². The minimum atomic E-state index is -3.53. The number of rotatable bonds is 3. The third kappa shape index (κ3) is 3.25. The molecule has 1 amide bonds. The van der Waals surface area contributed by atoms with Crippen LogP contribution in [0.2, 0.25) is 0 Å². The fourth-order valence-corrected chi connectivity index (χ4v) is 3.87. The van der Waals surface area contributed by atoms with Crippen LogP contribution in [-0.4, -0.2) is 58.9 Å². The lowest BCUT2D eigenvalue weighted by Crippen LogP contribution is -3.12. The Labute approximate surface area is 125 Å². The van der Waals surface area contributed by atoms with E-state index in [1.807, 2.05) is 0 Å². The second kappa shape index (κ2) is 6.13. The van der Waals surface area contributed by atoms with E-state index >= 15 is 0 Å². The number of hydrogen-bond acceptors (Lipinski definition) is 3. The summed E-state index contributed by atoms with van der Waals surface area (Å²) in [5.41, 5.74) is 1.16. The summed E-state index contributed by atoms with van der Waals surface area (Å²) in [5.74, 6) is -0.271. The Morgan fingerprint density at radius 2 is 1.90 bits per heavy atom. The minimum Gasteiger partial charge on any atom is -0.355 e. The molecule has 1 aromatic carbocycles. The van der Waals surface area contributed by atoms with E-state index in [1.54, 1.807) is 19.1 Å². The highest BCUT2D eigenvalue weighted by Crippen LogP contribution is 2.19. The molecule has 6 nitrogen and oxygen atoms in total. The van der Waals surface area contributed by atoms with E-state index in [9.17, 15) is 13.2 Å². The molecule has 0 saturated carbocycles. The number of likely N-dealkylation sites (N-methyl/N-ethyl adjacent to an activating group) is 1. The third-order valence-electron chi connectivity index (χ3n) is 3.89. The Morgan fingerprint density at radius 3 is 2.48 bits per heavy atom. The molecule has 2 N–H and O–H groups in total. The highest BCUT2D eigenvalue weighted by Gasteiger charge is 2.29. The number of carbonyl (C=O) groups is 1. The lowest BCUT2D eigenvalue weighted by Gasteiger charge is -2.29. The van der Waals surface area contributed by atoms with Crippen molar-refractivity contribution in [3.05, 3.63) is 29.3 Å². The zero-order chi connectivity index (χ0) is 15.6. The van der Waals surface area contributed by atoms with Gasteiger partial charge in [-0.05, 0) is 24.6 Å². The second-order valence-corrected chi connectivity index (χ2v) is 7.35. The Morgan fingerprint density at radius 1 is 1.29 bits per heavy atom. The van der Waals surface area contributed by atoms with Crippen LogP contribution in [0.5, 0.6) is 0 Å². The van der Waals surface area contributed by atoms with Gasteiger partial charge in [-0.25, -0.2) is 8.42 Å². The molecule has 2 rings (SSSR count). The van der Waals surface area contributed by atoms with Crippen LogP contribution in [0.4, 0.5) is 0 Å². The Bertz CT molecular complexity index is 635. The standard InChI is InChI=1S/C14H21N3O3S/c1-11-4-5-12(10-13(11)14(18)15-2)21(19,20)17-8-6-16(3)7-9-17/h4-5,10H,6-9H2,1-3H3,(H,15,18)/p+1. The van der Waals surface area contributed by atoms with Crippen molar-refractivity contribution in [2.75, 3.05) is 40.3 Å². The average molecular weight is 312 g/mol. The molecule has 1 aliphatic rings. The summed E-state index contributed by atoms with van der Waals surface area (Å²) in [6.07, 6.45) is 0. The second-order valence-electron chi connectivity index (χ2n) is 5.42. The van der Waals surface area contributed by atoms with E-state index in [0.29, 0.717) is 18.7 Å². The van der Waals surface area contributed by atoms with Crippen LogP contribution in [0, 0.1) is 6.92 Å². The molecule has 1 saturated heterocycles. The van der Waals surface area contributed by atoms with E-state index in [-0.39, 0.29) is 10.8 Å². The summed E-state index contributed by atoms with van der Waals surface area (Å²) in [6, 6.07) is 4.72. The van der Waals surface area contributed by atoms with Crippen molar-refractivity contribution >= 4 is 15.9 Å². The number of hydrogen-bond donors (Lipinski definition) is 2. The Hall–Kier alpha value is -1.44. The molecule has 1 aliphatic heterocycles. The lowest BCUT2D eigenvalue weighted by atomic mass is 10.1. The fraction of sp³-hybridized carbons (Fsp3) is 0.500. The van der Waals surface area contributed by atoms with Gasteiger partial charge < -0.3 is 10.2 Å². The first kappa shape index (κ1) is 15.9. The van der Waals surface area contributed by atoms with Gasteiger partial charge in [0.05, 0.1) is 38.1 Å². The zero-order valence-corrected chi connectivity index (χ0v) is 13.5. The number of aryl methyl sites for hydroxylation is 1. The first-order chi connectivity index (χ1) is 9.86. The number of amides is 1. The van der Waals surface area contributed by atoms with Crippen LogP contribution >= 0.6 is 0 Å². The van der Waals surface area contributed by atoms with Crippen molar-refractivity contribution in [3.63, 3.8) is 0 Å². The summed E-state index contributed by atoms with van der Waals surface area (Å²) in [5, 5.41) is 2.54. The number of nitrogens with zero attached hydrogens (tertiary/aromatic N) is 1. The first-order valence-corrected chi connectivity index (χ1v) is 8.44. The fourth-order valence-electron chi connectivity index (χ4n) is 2.40. The van der Waals surface area contributed by atoms with Crippen molar-refractivity contribution < 1.29 is 18.1 Å². The number of nitrogens with one attached hydrogen (secondary N) is 2. The minimum absolute atomic E-state index is 0.186. The highest BCUT2D eigenvalue weighted by molar-refractivity contribution is 7.89. The maximum absolute atomic E-state index is 12.7. The van der Waals surface area contributed by atoms with Crippen LogP contribution in [0.3, 0.4) is 0 Å². The van der Waals surface area contributed by atoms with E-state index in [4.69, 9.17) is 0 Å². The number of carbonyl (C=O) groups excluding carboxylic acids is 1. The molecule has 7 heteroatoms. The molecule has 0 aromatic heterocycles. The molecular weight excluding hydrogens is 290 g/mol. The largest absolute Gasteiger partial charge is 0.355 e. The summed E-state index contributed by atoms with van der Waals surface area (Å²) < 4.78 is 26.8. The summed E-state index contributed by atoms with van der Waals surface area (Å²) in [4.78, 5) is 13.3. The van der Waals surface area contributed by atoms with Crippen LogP contribution in [-0.2, 0) is 10.0 Å². The van der Waals surface area contributed by atoms with Gasteiger partial charge in [-0.15, -0.1) is 0 Å². The van der Waals surface area contributed by atoms with Crippen LogP contribution in [0.1, 0.15) is 15.9 Å². The number of piperazine rings is 1. The summed E-state index contributed by atoms with van der Waals surface area (Å²) in [7, 11) is 0.0625. The normalized spacial score (nSPS) is 17.7. The van der Waals surface area contributed by atoms with Crippen molar-refractivity contribution in [1.82, 2.24) is 9.62 Å². The van der Waals surface area contributed by atoms with Gasteiger partial charge in [-0.3, -0.25) is 4.79 Å². The van der Waals surface area contributed by atoms with Crippen LogP contribution < -0.4 is 10.2 Å². The van der Waals surface area contributed by atoms with Gasteiger partial charge in [-0.2, -0.15) is 4.31 Å². The van der Waals surface area contributed by atoms with Crippen molar-refractivity contribution in [2.45, 2.75) is 11.8 Å². The smallest absolute Gasteiger partial charge is 0.251 e. The molecule has 1 heterocycles. The third-order valence-corrected chi connectivity index (χ3v) is 5.79. The quantitative estimate of drug-likeness (QED) is 0.742. The molecule has 1 aromatic rings. The monoisotopic (exact) mass is 312 g/mol. The molecule has 1 fully saturated rings. The van der Waals surface area contributed by atoms with Gasteiger partial charge in [0.2, 0.25) is 10.0 Å². The molecule has 116 valence electrons. The van der Waals surface area contributed by atoms with Gasteiger partial charge in [0.1, 0.15) is 0 Å². The van der Waals surface area contributed by atoms with Gasteiger partial charge in [0.25, 0.3) is 5.91 Å². The molecule has 0 unspecified atom stereocenters. The number of sulfonamides is 1. The zero-order valence-electron chi connectivity index (χ0n) is 12.6. The predicted octanol–water partition coefficient (Wildman–Crippen LogP) is -1.13. The van der Waals surface area contributed by atoms with Gasteiger partial charge >= 0.3 is 0 Å². The predicted molar refractivity (Wildman–Crippen MR) is 79.9 cm³/mol. The van der Waals surface area contributed by atoms with Gasteiger partial charge in [0, 0.05) is 12.6 Å². The summed E-state index contributed by atoms with van der Waals surface area (Å²) >= 11 is 0. The van der Waals surface area contributed by atoms with Crippen molar-refractivity contribution in [1.29, 1.82) is 0 Å². The summed E-state index contributed by atoms with van der Waals surface area (Å²) in [6.45, 7) is 4.41. The van der Waals surface area contributed by atoms with Crippen molar-refractivity contribution in [2.24, 2.45) is 0 Å². The molecule has 0 aliphatic carbocycles.